The van der Waals surface area contributed by atoms with Crippen LogP contribution in [0.5, 0.6) is 11.5 Å². The zero-order valence-corrected chi connectivity index (χ0v) is 10.9. The number of para-hydroxylation sites is 4. The molecule has 0 aliphatic carbocycles. The summed E-state index contributed by atoms with van der Waals surface area (Å²) < 4.78 is 12.2. The summed E-state index contributed by atoms with van der Waals surface area (Å²) in [6.07, 6.45) is -0.123. The van der Waals surface area contributed by atoms with Crippen molar-refractivity contribution in [1.29, 1.82) is 0 Å². The van der Waals surface area contributed by atoms with Crippen molar-refractivity contribution in [1.82, 2.24) is 0 Å². The van der Waals surface area contributed by atoms with Crippen molar-refractivity contribution < 1.29 is 9.47 Å². The number of hydrogen-bond acceptors (Lipinski definition) is 4. The Balaban J connectivity index is 1.55. The van der Waals surface area contributed by atoms with E-state index in [2.05, 4.69) is 34.1 Å². The molecule has 0 saturated carbocycles. The van der Waals surface area contributed by atoms with E-state index in [0.29, 0.717) is 0 Å². The van der Waals surface area contributed by atoms with Gasteiger partial charge in [0.15, 0.2) is 0 Å². The van der Waals surface area contributed by atoms with E-state index in [4.69, 9.17) is 9.47 Å². The molecule has 3 aliphatic rings. The largest absolute Gasteiger partial charge is 0.462 e. The molecule has 0 bridgehead atoms. The van der Waals surface area contributed by atoms with Crippen LogP contribution in [0, 0.1) is 0 Å². The smallest absolute Gasteiger partial charge is 0.229 e. The molecule has 3 aliphatic heterocycles. The van der Waals surface area contributed by atoms with Crippen LogP contribution in [0.3, 0.4) is 0 Å². The highest BCUT2D eigenvalue weighted by Gasteiger charge is 2.48. The fourth-order valence-electron chi connectivity index (χ4n) is 3.38. The van der Waals surface area contributed by atoms with Crippen molar-refractivity contribution >= 4 is 11.4 Å². The molecule has 0 unspecified atom stereocenters. The minimum atomic E-state index is -0.0615. The van der Waals surface area contributed by atoms with E-state index < -0.39 is 0 Å². The molecule has 2 aromatic carbocycles. The molecule has 1 fully saturated rings. The maximum Gasteiger partial charge on any atom is 0.229 e. The van der Waals surface area contributed by atoms with Gasteiger partial charge in [-0.15, -0.1) is 0 Å². The molecule has 2 atom stereocenters. The Morgan fingerprint density at radius 3 is 1.65 bits per heavy atom. The van der Waals surface area contributed by atoms with Crippen LogP contribution in [0.4, 0.5) is 11.4 Å². The lowest BCUT2D eigenvalue weighted by molar-refractivity contribution is 0.0649. The predicted molar refractivity (Wildman–Crippen MR) is 76.4 cm³/mol. The number of piperazine rings is 1. The third-order valence-corrected chi connectivity index (χ3v) is 4.28. The second-order valence-electron chi connectivity index (χ2n) is 5.34. The van der Waals surface area contributed by atoms with Crippen molar-refractivity contribution in [3.63, 3.8) is 0 Å². The Labute approximate surface area is 117 Å². The minimum Gasteiger partial charge on any atom is -0.462 e. The SMILES string of the molecule is c1ccc2c(c1)O[C@@H]1[C@H]3Oc4ccccc4N3CCN21. The summed E-state index contributed by atoms with van der Waals surface area (Å²) in [7, 11) is 0. The van der Waals surface area contributed by atoms with Gasteiger partial charge in [-0.1, -0.05) is 24.3 Å². The lowest BCUT2D eigenvalue weighted by Gasteiger charge is -2.40. The quantitative estimate of drug-likeness (QED) is 0.731. The minimum absolute atomic E-state index is 0.0615. The number of hydrogen-bond donors (Lipinski definition) is 0. The van der Waals surface area contributed by atoms with Crippen LogP contribution in [0.25, 0.3) is 0 Å². The Hall–Kier alpha value is -2.36. The van der Waals surface area contributed by atoms with Gasteiger partial charge in [0.1, 0.15) is 11.5 Å². The molecule has 2 aromatic rings. The molecule has 4 nitrogen and oxygen atoms in total. The Morgan fingerprint density at radius 2 is 1.15 bits per heavy atom. The van der Waals surface area contributed by atoms with E-state index in [1.165, 1.54) is 11.4 Å². The average molecular weight is 266 g/mol. The summed E-state index contributed by atoms with van der Waals surface area (Å²) in [5, 5.41) is 0. The molecule has 1 saturated heterocycles. The van der Waals surface area contributed by atoms with Crippen LogP contribution >= 0.6 is 0 Å². The van der Waals surface area contributed by atoms with Gasteiger partial charge >= 0.3 is 0 Å². The fraction of sp³-hybridized carbons (Fsp3) is 0.250. The summed E-state index contributed by atoms with van der Waals surface area (Å²) in [4.78, 5) is 4.62. The van der Waals surface area contributed by atoms with Gasteiger partial charge in [0.2, 0.25) is 12.5 Å². The maximum absolute atomic E-state index is 6.12. The summed E-state index contributed by atoms with van der Waals surface area (Å²) >= 11 is 0. The first kappa shape index (κ1) is 10.4. The molecule has 0 amide bonds. The van der Waals surface area contributed by atoms with Crippen molar-refractivity contribution in [3.05, 3.63) is 48.5 Å². The van der Waals surface area contributed by atoms with Crippen LogP contribution in [-0.4, -0.2) is 25.5 Å². The standard InChI is InChI=1S/C16H14N2O2/c1-3-7-13-11(5-1)17-9-10-18-12-6-2-4-8-14(12)20-16(18)15(17)19-13/h1-8,15-16H,9-10H2/t15-,16-/m1/s1. The normalized spacial score (nSPS) is 25.2. The first-order chi connectivity index (χ1) is 9.92. The second-order valence-corrected chi connectivity index (χ2v) is 5.34. The Kier molecular flexibility index (Phi) is 1.88. The first-order valence-electron chi connectivity index (χ1n) is 6.96. The van der Waals surface area contributed by atoms with E-state index in [-0.39, 0.29) is 12.5 Å². The molecule has 5 rings (SSSR count). The van der Waals surface area contributed by atoms with Crippen LogP contribution in [0.1, 0.15) is 0 Å². The molecule has 4 heteroatoms. The predicted octanol–water partition coefficient (Wildman–Crippen LogP) is 2.45. The Morgan fingerprint density at radius 1 is 0.700 bits per heavy atom. The molecule has 0 N–H and O–H groups in total. The zero-order chi connectivity index (χ0) is 13.1. The summed E-state index contributed by atoms with van der Waals surface area (Å²) in [6.45, 7) is 1.91. The molecular formula is C16H14N2O2. The van der Waals surface area contributed by atoms with Gasteiger partial charge < -0.3 is 19.3 Å². The average Bonchev–Trinajstić information content (AvgIpc) is 3.05. The lowest BCUT2D eigenvalue weighted by atomic mass is 10.2. The number of rotatable bonds is 0. The summed E-state index contributed by atoms with van der Waals surface area (Å²) in [6, 6.07) is 16.4. The fourth-order valence-corrected chi connectivity index (χ4v) is 3.38. The third-order valence-electron chi connectivity index (χ3n) is 4.28. The van der Waals surface area contributed by atoms with Crippen molar-refractivity contribution in [3.8, 4) is 11.5 Å². The van der Waals surface area contributed by atoms with Crippen molar-refractivity contribution in [2.45, 2.75) is 12.5 Å². The Bertz CT molecular complexity index is 628. The van der Waals surface area contributed by atoms with E-state index in [1.54, 1.807) is 0 Å². The highest BCUT2D eigenvalue weighted by Crippen LogP contribution is 2.45. The molecule has 0 aromatic heterocycles. The van der Waals surface area contributed by atoms with E-state index in [1.807, 2.05) is 24.3 Å². The molecular weight excluding hydrogens is 252 g/mol. The molecule has 3 heterocycles. The topological polar surface area (TPSA) is 24.9 Å². The van der Waals surface area contributed by atoms with Crippen LogP contribution < -0.4 is 19.3 Å². The highest BCUT2D eigenvalue weighted by molar-refractivity contribution is 5.68. The van der Waals surface area contributed by atoms with Gasteiger partial charge in [-0.25, -0.2) is 0 Å². The van der Waals surface area contributed by atoms with Gasteiger partial charge in [0.25, 0.3) is 0 Å². The van der Waals surface area contributed by atoms with Gasteiger partial charge in [-0.2, -0.15) is 0 Å². The zero-order valence-electron chi connectivity index (χ0n) is 10.9. The van der Waals surface area contributed by atoms with Gasteiger partial charge in [-0.05, 0) is 24.3 Å². The summed E-state index contributed by atoms with van der Waals surface area (Å²) in [5.74, 6) is 1.91. The molecule has 100 valence electrons. The van der Waals surface area contributed by atoms with Crippen LogP contribution in [-0.2, 0) is 0 Å². The van der Waals surface area contributed by atoms with Gasteiger partial charge in [0.05, 0.1) is 11.4 Å². The van der Waals surface area contributed by atoms with E-state index in [0.717, 1.165) is 24.6 Å². The van der Waals surface area contributed by atoms with Crippen molar-refractivity contribution in [2.24, 2.45) is 0 Å². The van der Waals surface area contributed by atoms with Gasteiger partial charge in [0, 0.05) is 13.1 Å². The van der Waals surface area contributed by atoms with Crippen LogP contribution in [0.2, 0.25) is 0 Å². The summed E-state index contributed by atoms with van der Waals surface area (Å²) in [5.41, 5.74) is 2.36. The third kappa shape index (κ3) is 1.21. The number of benzene rings is 2. The lowest BCUT2D eigenvalue weighted by Crippen LogP contribution is -2.60. The second kappa shape index (κ2) is 3.60. The number of fused-ring (bicyclic) bond motifs is 7. The number of nitrogens with zero attached hydrogens (tertiary/aromatic N) is 2. The molecule has 0 spiro atoms. The molecule has 0 radical (unpaired) electrons. The highest BCUT2D eigenvalue weighted by atomic mass is 16.6. The van der Waals surface area contributed by atoms with E-state index >= 15 is 0 Å². The number of ether oxygens (including phenoxy) is 2. The number of anilines is 2. The van der Waals surface area contributed by atoms with E-state index in [9.17, 15) is 0 Å². The van der Waals surface area contributed by atoms with Crippen molar-refractivity contribution in [2.75, 3.05) is 22.9 Å². The van der Waals surface area contributed by atoms with Crippen LogP contribution in [0.15, 0.2) is 48.5 Å². The van der Waals surface area contributed by atoms with Gasteiger partial charge in [-0.3, -0.25) is 0 Å². The first-order valence-corrected chi connectivity index (χ1v) is 6.96. The molecule has 20 heavy (non-hydrogen) atoms. The maximum atomic E-state index is 6.12. The monoisotopic (exact) mass is 266 g/mol.